The molecule has 0 aliphatic heterocycles. The summed E-state index contributed by atoms with van der Waals surface area (Å²) in [5.74, 6) is -1.41. The molecule has 1 rings (SSSR count). The third-order valence-corrected chi connectivity index (χ3v) is 2.77. The van der Waals surface area contributed by atoms with Crippen LogP contribution in [0.25, 0.3) is 0 Å². The number of rotatable bonds is 4. The van der Waals surface area contributed by atoms with Gasteiger partial charge in [-0.3, -0.25) is 14.8 Å². The second-order valence-corrected chi connectivity index (χ2v) is 5.58. The van der Waals surface area contributed by atoms with E-state index in [1.807, 2.05) is 0 Å². The van der Waals surface area contributed by atoms with Gasteiger partial charge in [-0.1, -0.05) is 32.9 Å². The lowest BCUT2D eigenvalue weighted by Gasteiger charge is -2.23. The van der Waals surface area contributed by atoms with Gasteiger partial charge < -0.3 is 5.32 Å². The summed E-state index contributed by atoms with van der Waals surface area (Å²) in [6.45, 7) is 5.15. The Kier molecular flexibility index (Phi) is 5.21. The molecule has 110 valence electrons. The van der Waals surface area contributed by atoms with Gasteiger partial charge in [-0.05, 0) is 17.7 Å². The van der Waals surface area contributed by atoms with Gasteiger partial charge in [-0.15, -0.1) is 0 Å². The number of hydrogen-bond acceptors (Lipinski definition) is 3. The number of carbonyl (C=O) groups is 2. The maximum atomic E-state index is 12.8. The molecule has 0 aliphatic rings. The Morgan fingerprint density at radius 2 is 1.80 bits per heavy atom. The van der Waals surface area contributed by atoms with Crippen molar-refractivity contribution in [3.05, 3.63) is 35.6 Å². The molecular formula is C14H19FN2O3. The minimum Gasteiger partial charge on any atom is -0.343 e. The van der Waals surface area contributed by atoms with E-state index in [4.69, 9.17) is 5.21 Å². The average Bonchev–Trinajstić information content (AvgIpc) is 2.38. The minimum absolute atomic E-state index is 0.161. The number of benzene rings is 1. The van der Waals surface area contributed by atoms with Gasteiger partial charge in [-0.2, -0.15) is 0 Å². The fourth-order valence-electron chi connectivity index (χ4n) is 1.52. The summed E-state index contributed by atoms with van der Waals surface area (Å²) < 4.78 is 12.8. The summed E-state index contributed by atoms with van der Waals surface area (Å²) in [6.07, 6.45) is 0.161. The van der Waals surface area contributed by atoms with E-state index >= 15 is 0 Å². The van der Waals surface area contributed by atoms with Gasteiger partial charge >= 0.3 is 0 Å². The number of amides is 2. The molecule has 20 heavy (non-hydrogen) atoms. The molecule has 1 aromatic rings. The lowest BCUT2D eigenvalue weighted by atomic mass is 9.94. The third kappa shape index (κ3) is 4.62. The van der Waals surface area contributed by atoms with Gasteiger partial charge in [0.25, 0.3) is 5.91 Å². The molecule has 5 nitrogen and oxygen atoms in total. The Labute approximate surface area is 117 Å². The van der Waals surface area contributed by atoms with Crippen molar-refractivity contribution in [2.24, 2.45) is 5.41 Å². The van der Waals surface area contributed by atoms with Crippen LogP contribution in [0, 0.1) is 11.2 Å². The highest BCUT2D eigenvalue weighted by Gasteiger charge is 2.27. The first-order valence-corrected chi connectivity index (χ1v) is 6.23. The van der Waals surface area contributed by atoms with Crippen molar-refractivity contribution in [2.75, 3.05) is 0 Å². The van der Waals surface area contributed by atoms with Crippen molar-refractivity contribution < 1.29 is 19.2 Å². The fourth-order valence-corrected chi connectivity index (χ4v) is 1.52. The van der Waals surface area contributed by atoms with Crippen molar-refractivity contribution in [3.63, 3.8) is 0 Å². The highest BCUT2D eigenvalue weighted by Crippen LogP contribution is 2.14. The molecule has 0 radical (unpaired) electrons. The minimum atomic E-state index is -0.919. The quantitative estimate of drug-likeness (QED) is 0.577. The van der Waals surface area contributed by atoms with E-state index < -0.39 is 17.4 Å². The largest absolute Gasteiger partial charge is 0.343 e. The van der Waals surface area contributed by atoms with Gasteiger partial charge in [-0.25, -0.2) is 9.87 Å². The Morgan fingerprint density at radius 1 is 1.25 bits per heavy atom. The maximum Gasteiger partial charge on any atom is 0.266 e. The second-order valence-electron chi connectivity index (χ2n) is 5.58. The van der Waals surface area contributed by atoms with Crippen LogP contribution in [0.2, 0.25) is 0 Å². The summed E-state index contributed by atoms with van der Waals surface area (Å²) >= 11 is 0. The van der Waals surface area contributed by atoms with E-state index in [0.29, 0.717) is 5.56 Å². The molecule has 0 heterocycles. The molecule has 1 aromatic carbocycles. The van der Waals surface area contributed by atoms with E-state index in [0.717, 1.165) is 0 Å². The number of carbonyl (C=O) groups excluding carboxylic acids is 2. The SMILES string of the molecule is CC(C)(C)C(=O)NC(Cc1ccc(F)cc1)C(=O)NO. The van der Waals surface area contributed by atoms with Gasteiger partial charge in [0, 0.05) is 11.8 Å². The number of hydroxylamine groups is 1. The highest BCUT2D eigenvalue weighted by molar-refractivity contribution is 5.89. The molecule has 0 saturated carbocycles. The van der Waals surface area contributed by atoms with Crippen molar-refractivity contribution in [1.82, 2.24) is 10.8 Å². The normalized spacial score (nSPS) is 12.7. The van der Waals surface area contributed by atoms with Crippen LogP contribution >= 0.6 is 0 Å². The molecule has 0 bridgehead atoms. The van der Waals surface area contributed by atoms with Crippen LogP contribution in [-0.4, -0.2) is 23.1 Å². The first-order valence-electron chi connectivity index (χ1n) is 6.23. The molecule has 0 fully saturated rings. The maximum absolute atomic E-state index is 12.8. The van der Waals surface area contributed by atoms with E-state index in [-0.39, 0.29) is 18.1 Å². The van der Waals surface area contributed by atoms with Gasteiger partial charge in [0.1, 0.15) is 11.9 Å². The predicted octanol–water partition coefficient (Wildman–Crippen LogP) is 1.40. The van der Waals surface area contributed by atoms with Crippen LogP contribution in [0.5, 0.6) is 0 Å². The standard InChI is InChI=1S/C14H19FN2O3/c1-14(2,3)13(19)16-11(12(18)17-20)8-9-4-6-10(15)7-5-9/h4-7,11,20H,8H2,1-3H3,(H,16,19)(H,17,18). The topological polar surface area (TPSA) is 78.4 Å². The van der Waals surface area contributed by atoms with E-state index in [2.05, 4.69) is 5.32 Å². The summed E-state index contributed by atoms with van der Waals surface area (Å²) in [5, 5.41) is 11.3. The summed E-state index contributed by atoms with van der Waals surface area (Å²) in [5.41, 5.74) is 1.54. The second kappa shape index (κ2) is 6.47. The van der Waals surface area contributed by atoms with Crippen LogP contribution < -0.4 is 10.8 Å². The average molecular weight is 282 g/mol. The Morgan fingerprint density at radius 3 is 2.25 bits per heavy atom. The summed E-state index contributed by atoms with van der Waals surface area (Å²) in [7, 11) is 0. The van der Waals surface area contributed by atoms with Gasteiger partial charge in [0.15, 0.2) is 0 Å². The molecule has 0 aliphatic carbocycles. The van der Waals surface area contributed by atoms with Gasteiger partial charge in [0.05, 0.1) is 0 Å². The molecule has 1 atom stereocenters. The lowest BCUT2D eigenvalue weighted by molar-refractivity contribution is -0.137. The lowest BCUT2D eigenvalue weighted by Crippen LogP contribution is -2.50. The van der Waals surface area contributed by atoms with Crippen LogP contribution in [0.4, 0.5) is 4.39 Å². The Bertz CT molecular complexity index is 480. The third-order valence-electron chi connectivity index (χ3n) is 2.77. The zero-order chi connectivity index (χ0) is 15.3. The zero-order valence-electron chi connectivity index (χ0n) is 11.7. The van der Waals surface area contributed by atoms with Gasteiger partial charge in [0.2, 0.25) is 5.91 Å². The molecule has 0 spiro atoms. The Balaban J connectivity index is 2.82. The van der Waals surface area contributed by atoms with Crippen molar-refractivity contribution in [3.8, 4) is 0 Å². The molecular weight excluding hydrogens is 263 g/mol. The predicted molar refractivity (Wildman–Crippen MR) is 71.4 cm³/mol. The molecule has 6 heteroatoms. The number of hydrogen-bond donors (Lipinski definition) is 3. The van der Waals surface area contributed by atoms with Crippen LogP contribution in [0.3, 0.4) is 0 Å². The molecule has 0 aromatic heterocycles. The zero-order valence-corrected chi connectivity index (χ0v) is 11.7. The van der Waals surface area contributed by atoms with Crippen LogP contribution in [0.1, 0.15) is 26.3 Å². The molecule has 3 N–H and O–H groups in total. The van der Waals surface area contributed by atoms with E-state index in [9.17, 15) is 14.0 Å². The van der Waals surface area contributed by atoms with Crippen molar-refractivity contribution in [1.29, 1.82) is 0 Å². The number of nitrogens with one attached hydrogen (secondary N) is 2. The fraction of sp³-hybridized carbons (Fsp3) is 0.429. The van der Waals surface area contributed by atoms with Crippen LogP contribution in [-0.2, 0) is 16.0 Å². The summed E-state index contributed by atoms with van der Waals surface area (Å²) in [6, 6.07) is 4.67. The van der Waals surface area contributed by atoms with E-state index in [1.165, 1.54) is 29.7 Å². The smallest absolute Gasteiger partial charge is 0.266 e. The molecule has 2 amide bonds. The van der Waals surface area contributed by atoms with E-state index in [1.54, 1.807) is 20.8 Å². The molecule has 0 saturated heterocycles. The first kappa shape index (κ1) is 16.1. The van der Waals surface area contributed by atoms with Crippen molar-refractivity contribution in [2.45, 2.75) is 33.2 Å². The molecule has 1 unspecified atom stereocenters. The highest BCUT2D eigenvalue weighted by atomic mass is 19.1. The monoisotopic (exact) mass is 282 g/mol. The van der Waals surface area contributed by atoms with Crippen LogP contribution in [0.15, 0.2) is 24.3 Å². The van der Waals surface area contributed by atoms with Crippen molar-refractivity contribution >= 4 is 11.8 Å². The summed E-state index contributed by atoms with van der Waals surface area (Å²) in [4.78, 5) is 23.5. The first-order chi connectivity index (χ1) is 9.24. The Hall–Kier alpha value is -1.95. The number of halogens is 1.